The fourth-order valence-corrected chi connectivity index (χ4v) is 3.57. The fourth-order valence-electron chi connectivity index (χ4n) is 3.57. The Labute approximate surface area is 177 Å². The normalized spacial score (nSPS) is 11.5. The zero-order valence-electron chi connectivity index (χ0n) is 16.9. The first-order valence-corrected chi connectivity index (χ1v) is 9.66. The van der Waals surface area contributed by atoms with Crippen molar-refractivity contribution in [2.24, 2.45) is 0 Å². The highest BCUT2D eigenvalue weighted by atomic mass is 19.2. The molecule has 2 aromatic carbocycles. The maximum absolute atomic E-state index is 14.7. The van der Waals surface area contributed by atoms with Crippen molar-refractivity contribution < 1.29 is 18.3 Å². The number of rotatable bonds is 4. The van der Waals surface area contributed by atoms with Gasteiger partial charge in [0.25, 0.3) is 0 Å². The van der Waals surface area contributed by atoms with E-state index in [1.54, 1.807) is 48.5 Å². The first-order chi connectivity index (χ1) is 14.8. The van der Waals surface area contributed by atoms with E-state index in [9.17, 15) is 18.3 Å². The van der Waals surface area contributed by atoms with Crippen molar-refractivity contribution in [1.82, 2.24) is 9.97 Å². The summed E-state index contributed by atoms with van der Waals surface area (Å²) in [5.74, 6) is -4.09. The van der Waals surface area contributed by atoms with E-state index in [1.807, 2.05) is 13.8 Å². The average Bonchev–Trinajstić information content (AvgIpc) is 2.78. The minimum Gasteiger partial charge on any atom is -0.508 e. The Morgan fingerprint density at radius 3 is 2.06 bits per heavy atom. The molecule has 2 heterocycles. The number of phenols is 1. The Balaban J connectivity index is 1.87. The van der Waals surface area contributed by atoms with Crippen LogP contribution in [0.5, 0.6) is 5.75 Å². The minimum absolute atomic E-state index is 0.108. The van der Waals surface area contributed by atoms with Gasteiger partial charge in [0.2, 0.25) is 0 Å². The van der Waals surface area contributed by atoms with Gasteiger partial charge in [-0.15, -0.1) is 0 Å². The van der Waals surface area contributed by atoms with Crippen LogP contribution in [-0.4, -0.2) is 15.1 Å². The van der Waals surface area contributed by atoms with Crippen LogP contribution in [0.2, 0.25) is 0 Å². The van der Waals surface area contributed by atoms with Gasteiger partial charge in [0, 0.05) is 28.3 Å². The first-order valence-electron chi connectivity index (χ1n) is 9.66. The molecule has 0 aliphatic carbocycles. The Bertz CT molecular complexity index is 1260. The maximum Gasteiger partial charge on any atom is 0.195 e. The lowest BCUT2D eigenvalue weighted by Crippen LogP contribution is -2.21. The Kier molecular flexibility index (Phi) is 5.23. The van der Waals surface area contributed by atoms with E-state index >= 15 is 0 Å². The van der Waals surface area contributed by atoms with E-state index in [-0.39, 0.29) is 28.3 Å². The van der Waals surface area contributed by atoms with E-state index in [0.717, 1.165) is 0 Å². The third-order valence-corrected chi connectivity index (χ3v) is 5.33. The molecule has 0 saturated carbocycles. The molecule has 0 aliphatic heterocycles. The average molecular weight is 420 g/mol. The van der Waals surface area contributed by atoms with Crippen molar-refractivity contribution >= 4 is 0 Å². The van der Waals surface area contributed by atoms with Gasteiger partial charge in [-0.2, -0.15) is 0 Å². The first kappa shape index (κ1) is 20.6. The molecule has 31 heavy (non-hydrogen) atoms. The van der Waals surface area contributed by atoms with Gasteiger partial charge in [0.15, 0.2) is 17.5 Å². The third kappa shape index (κ3) is 3.65. The van der Waals surface area contributed by atoms with Crippen LogP contribution in [0.4, 0.5) is 13.2 Å². The van der Waals surface area contributed by atoms with E-state index in [1.165, 1.54) is 24.4 Å². The van der Waals surface area contributed by atoms with E-state index in [2.05, 4.69) is 9.97 Å². The monoisotopic (exact) mass is 420 g/mol. The van der Waals surface area contributed by atoms with Crippen LogP contribution in [0.15, 0.2) is 72.9 Å². The van der Waals surface area contributed by atoms with Gasteiger partial charge < -0.3 is 5.11 Å². The summed E-state index contributed by atoms with van der Waals surface area (Å²) in [6.45, 7) is 3.74. The van der Waals surface area contributed by atoms with E-state index in [4.69, 9.17) is 0 Å². The summed E-state index contributed by atoms with van der Waals surface area (Å²) in [5.41, 5.74) is 0.464. The molecular weight excluding hydrogens is 401 g/mol. The molecule has 0 unspecified atom stereocenters. The molecule has 0 saturated heterocycles. The molecule has 0 fully saturated rings. The summed E-state index contributed by atoms with van der Waals surface area (Å²) in [4.78, 5) is 8.58. The highest BCUT2D eigenvalue weighted by molar-refractivity contribution is 5.71. The molecule has 0 aliphatic rings. The van der Waals surface area contributed by atoms with Crippen LogP contribution in [0.25, 0.3) is 22.5 Å². The molecule has 0 radical (unpaired) electrons. The van der Waals surface area contributed by atoms with Gasteiger partial charge in [0.1, 0.15) is 5.75 Å². The summed E-state index contributed by atoms with van der Waals surface area (Å²) in [6.07, 6.45) is 1.45. The lowest BCUT2D eigenvalue weighted by atomic mass is 9.80. The third-order valence-electron chi connectivity index (χ3n) is 5.33. The van der Waals surface area contributed by atoms with Gasteiger partial charge in [-0.05, 0) is 36.4 Å². The maximum atomic E-state index is 14.7. The highest BCUT2D eigenvalue weighted by Crippen LogP contribution is 2.37. The SMILES string of the molecule is CC(C)(c1cccc(-c2cc(-c3ccccn3)c(F)c(F)c2F)n1)c1ccccc1O. The number of halogens is 3. The van der Waals surface area contributed by atoms with Gasteiger partial charge in [-0.3, -0.25) is 9.97 Å². The van der Waals surface area contributed by atoms with Crippen molar-refractivity contribution in [1.29, 1.82) is 0 Å². The van der Waals surface area contributed by atoms with Crippen LogP contribution in [-0.2, 0) is 5.41 Å². The molecule has 4 aromatic rings. The number of nitrogens with zero attached hydrogens (tertiary/aromatic N) is 2. The van der Waals surface area contributed by atoms with Crippen LogP contribution in [0, 0.1) is 17.5 Å². The summed E-state index contributed by atoms with van der Waals surface area (Å²) in [5, 5.41) is 10.3. The molecule has 3 nitrogen and oxygen atoms in total. The van der Waals surface area contributed by atoms with E-state index < -0.39 is 22.9 Å². The molecule has 2 aromatic heterocycles. The molecule has 1 N–H and O–H groups in total. The second-order valence-corrected chi connectivity index (χ2v) is 7.68. The number of para-hydroxylation sites is 1. The molecule has 4 rings (SSSR count). The quantitative estimate of drug-likeness (QED) is 0.397. The topological polar surface area (TPSA) is 46.0 Å². The van der Waals surface area contributed by atoms with Crippen molar-refractivity contribution in [2.45, 2.75) is 19.3 Å². The molecule has 0 spiro atoms. The number of aromatic nitrogens is 2. The van der Waals surface area contributed by atoms with Gasteiger partial charge >= 0.3 is 0 Å². The summed E-state index contributed by atoms with van der Waals surface area (Å²) in [6, 6.07) is 17.8. The Hall–Kier alpha value is -3.67. The number of hydrogen-bond acceptors (Lipinski definition) is 3. The van der Waals surface area contributed by atoms with Crippen molar-refractivity contribution in [3.05, 3.63) is 102 Å². The molecule has 156 valence electrons. The van der Waals surface area contributed by atoms with Crippen LogP contribution in [0.1, 0.15) is 25.1 Å². The minimum atomic E-state index is -1.58. The zero-order valence-corrected chi connectivity index (χ0v) is 16.9. The van der Waals surface area contributed by atoms with Gasteiger partial charge in [-0.25, -0.2) is 13.2 Å². The zero-order chi connectivity index (χ0) is 22.2. The van der Waals surface area contributed by atoms with E-state index in [0.29, 0.717) is 11.3 Å². The van der Waals surface area contributed by atoms with Crippen LogP contribution < -0.4 is 0 Å². The summed E-state index contributed by atoms with van der Waals surface area (Å²) in [7, 11) is 0. The second-order valence-electron chi connectivity index (χ2n) is 7.68. The number of benzene rings is 2. The predicted molar refractivity (Wildman–Crippen MR) is 113 cm³/mol. The molecule has 0 amide bonds. The molecule has 0 bridgehead atoms. The van der Waals surface area contributed by atoms with Crippen molar-refractivity contribution in [3.63, 3.8) is 0 Å². The molecule has 6 heteroatoms. The Morgan fingerprint density at radius 1 is 0.742 bits per heavy atom. The number of pyridine rings is 2. The second kappa shape index (κ2) is 7.87. The summed E-state index contributed by atoms with van der Waals surface area (Å²) < 4.78 is 43.7. The lowest BCUT2D eigenvalue weighted by Gasteiger charge is -2.26. The van der Waals surface area contributed by atoms with Crippen molar-refractivity contribution in [3.8, 4) is 28.3 Å². The fraction of sp³-hybridized carbons (Fsp3) is 0.120. The largest absolute Gasteiger partial charge is 0.508 e. The standard InChI is InChI=1S/C25H19F3N2O/c1-25(2,17-8-3-4-11-20(17)31)21-12-7-10-19(30-21)16-14-15(18-9-5-6-13-29-18)22(26)24(28)23(16)27/h3-14,31H,1-2H3. The van der Waals surface area contributed by atoms with Crippen LogP contribution in [0.3, 0.4) is 0 Å². The summed E-state index contributed by atoms with van der Waals surface area (Å²) >= 11 is 0. The number of aromatic hydroxyl groups is 1. The predicted octanol–water partition coefficient (Wildman–Crippen LogP) is 6.26. The number of hydrogen-bond donors (Lipinski definition) is 1. The Morgan fingerprint density at radius 2 is 1.39 bits per heavy atom. The molecular formula is C25H19F3N2O. The smallest absolute Gasteiger partial charge is 0.195 e. The van der Waals surface area contributed by atoms with Gasteiger partial charge in [-0.1, -0.05) is 44.2 Å². The molecule has 0 atom stereocenters. The lowest BCUT2D eigenvalue weighted by molar-refractivity contribution is 0.449. The number of phenolic OH excluding ortho intramolecular Hbond substituents is 1. The van der Waals surface area contributed by atoms with Crippen LogP contribution >= 0.6 is 0 Å². The van der Waals surface area contributed by atoms with Gasteiger partial charge in [0.05, 0.1) is 17.1 Å². The highest BCUT2D eigenvalue weighted by Gasteiger charge is 2.28. The van der Waals surface area contributed by atoms with Crippen molar-refractivity contribution in [2.75, 3.05) is 0 Å².